The number of amides is 1. The van der Waals surface area contributed by atoms with Gasteiger partial charge in [0, 0.05) is 17.2 Å². The Labute approximate surface area is 132 Å². The van der Waals surface area contributed by atoms with Crippen LogP contribution < -0.4 is 5.32 Å². The Morgan fingerprint density at radius 1 is 1.36 bits per heavy atom. The van der Waals surface area contributed by atoms with Gasteiger partial charge in [0.05, 0.1) is 17.2 Å². The number of hydrogen-bond donors (Lipinski definition) is 1. The number of halogens is 1. The lowest BCUT2D eigenvalue weighted by atomic mass is 10.1. The van der Waals surface area contributed by atoms with Crippen molar-refractivity contribution >= 4 is 17.2 Å². The molecular formula is C17H17FN2OS. The second-order valence-electron chi connectivity index (χ2n) is 6.14. The summed E-state index contributed by atoms with van der Waals surface area (Å²) in [6.45, 7) is 0.475. The van der Waals surface area contributed by atoms with Crippen LogP contribution in [0.1, 0.15) is 47.4 Å². The number of carbonyl (C=O) groups excluding carboxylic acids is 1. The zero-order valence-electron chi connectivity index (χ0n) is 12.1. The maximum atomic E-state index is 13.7. The molecule has 0 radical (unpaired) electrons. The van der Waals surface area contributed by atoms with Gasteiger partial charge < -0.3 is 5.32 Å². The van der Waals surface area contributed by atoms with Crippen LogP contribution in [0.25, 0.3) is 0 Å². The van der Waals surface area contributed by atoms with Gasteiger partial charge in [-0.1, -0.05) is 18.2 Å². The largest absolute Gasteiger partial charge is 0.350 e. The quantitative estimate of drug-likeness (QED) is 0.916. The minimum Gasteiger partial charge on any atom is -0.350 e. The van der Waals surface area contributed by atoms with Crippen LogP contribution >= 0.6 is 11.3 Å². The summed E-state index contributed by atoms with van der Waals surface area (Å²) in [5, 5.41) is 6.15. The van der Waals surface area contributed by atoms with E-state index in [1.54, 1.807) is 23.5 Å². The SMILES string of the molecule is O=C(NCc1csc(C2CC2)n1)[C@H]1C[C@@H]1c1ccccc1F. The number of benzene rings is 1. The molecule has 22 heavy (non-hydrogen) atoms. The fourth-order valence-electron chi connectivity index (χ4n) is 2.83. The van der Waals surface area contributed by atoms with Crippen molar-refractivity contribution in [3.05, 3.63) is 51.7 Å². The normalized spacial score (nSPS) is 23.3. The number of thiazole rings is 1. The summed E-state index contributed by atoms with van der Waals surface area (Å²) in [4.78, 5) is 16.7. The highest BCUT2D eigenvalue weighted by atomic mass is 32.1. The number of nitrogens with zero attached hydrogens (tertiary/aromatic N) is 1. The second kappa shape index (κ2) is 5.47. The molecule has 0 unspecified atom stereocenters. The standard InChI is InChI=1S/C17H17FN2OS/c18-15-4-2-1-3-12(15)13-7-14(13)16(21)19-8-11-9-22-17(20-11)10-5-6-10/h1-4,9-10,13-14H,5-8H2,(H,19,21)/t13-,14+/m1/s1. The van der Waals surface area contributed by atoms with Crippen molar-refractivity contribution in [2.24, 2.45) is 5.92 Å². The van der Waals surface area contributed by atoms with Crippen molar-refractivity contribution in [1.29, 1.82) is 0 Å². The Bertz CT molecular complexity index is 710. The van der Waals surface area contributed by atoms with Crippen molar-refractivity contribution in [2.75, 3.05) is 0 Å². The van der Waals surface area contributed by atoms with Crippen LogP contribution in [-0.4, -0.2) is 10.9 Å². The molecule has 0 saturated heterocycles. The smallest absolute Gasteiger partial charge is 0.224 e. The van der Waals surface area contributed by atoms with Gasteiger partial charge in [-0.25, -0.2) is 9.37 Å². The van der Waals surface area contributed by atoms with Crippen LogP contribution in [-0.2, 0) is 11.3 Å². The molecule has 2 atom stereocenters. The summed E-state index contributed by atoms with van der Waals surface area (Å²) in [5.41, 5.74) is 1.59. The first-order valence-electron chi connectivity index (χ1n) is 7.69. The maximum absolute atomic E-state index is 13.7. The van der Waals surface area contributed by atoms with Gasteiger partial charge >= 0.3 is 0 Å². The Balaban J connectivity index is 1.32. The van der Waals surface area contributed by atoms with Crippen LogP contribution in [0, 0.1) is 11.7 Å². The lowest BCUT2D eigenvalue weighted by Gasteiger charge is -2.04. The van der Waals surface area contributed by atoms with Crippen LogP contribution in [0.2, 0.25) is 0 Å². The predicted molar refractivity (Wildman–Crippen MR) is 83.2 cm³/mol. The molecule has 2 fully saturated rings. The highest BCUT2D eigenvalue weighted by Gasteiger charge is 2.45. The van der Waals surface area contributed by atoms with Crippen molar-refractivity contribution < 1.29 is 9.18 Å². The van der Waals surface area contributed by atoms with Crippen molar-refractivity contribution in [1.82, 2.24) is 10.3 Å². The Kier molecular flexibility index (Phi) is 3.45. The number of hydrogen-bond acceptors (Lipinski definition) is 3. The fraction of sp³-hybridized carbons (Fsp3) is 0.412. The summed E-state index contributed by atoms with van der Waals surface area (Å²) in [6.07, 6.45) is 3.22. The molecule has 2 aliphatic carbocycles. The first kappa shape index (κ1) is 13.9. The van der Waals surface area contributed by atoms with Gasteiger partial charge in [0.2, 0.25) is 5.91 Å². The van der Waals surface area contributed by atoms with E-state index in [4.69, 9.17) is 0 Å². The van der Waals surface area contributed by atoms with Crippen LogP contribution in [0.5, 0.6) is 0 Å². The number of nitrogens with one attached hydrogen (secondary N) is 1. The number of carbonyl (C=O) groups is 1. The van der Waals surface area contributed by atoms with Crippen LogP contribution in [0.4, 0.5) is 4.39 Å². The Morgan fingerprint density at radius 2 is 2.18 bits per heavy atom. The molecule has 0 bridgehead atoms. The summed E-state index contributed by atoms with van der Waals surface area (Å²) in [6, 6.07) is 6.73. The van der Waals surface area contributed by atoms with Crippen LogP contribution in [0.3, 0.4) is 0 Å². The summed E-state index contributed by atoms with van der Waals surface area (Å²) in [5.74, 6) is 0.381. The van der Waals surface area contributed by atoms with E-state index in [0.717, 1.165) is 12.1 Å². The van der Waals surface area contributed by atoms with Gasteiger partial charge in [0.25, 0.3) is 0 Å². The molecule has 114 valence electrons. The highest BCUT2D eigenvalue weighted by Crippen LogP contribution is 2.48. The average Bonchev–Trinajstić information content (AvgIpc) is 3.44. The van der Waals surface area contributed by atoms with Crippen molar-refractivity contribution in [3.63, 3.8) is 0 Å². The molecule has 1 N–H and O–H groups in total. The summed E-state index contributed by atoms with van der Waals surface area (Å²) < 4.78 is 13.7. The minimum absolute atomic E-state index is 0.00854. The zero-order chi connectivity index (χ0) is 15.1. The third-order valence-corrected chi connectivity index (χ3v) is 5.43. The van der Waals surface area contributed by atoms with Gasteiger partial charge in [0.15, 0.2) is 0 Å². The van der Waals surface area contributed by atoms with Gasteiger partial charge in [-0.05, 0) is 36.8 Å². The molecule has 1 aromatic heterocycles. The van der Waals surface area contributed by atoms with E-state index < -0.39 is 0 Å². The predicted octanol–water partition coefficient (Wildman–Crippen LogP) is 3.58. The summed E-state index contributed by atoms with van der Waals surface area (Å²) >= 11 is 1.68. The molecule has 1 heterocycles. The van der Waals surface area contributed by atoms with Gasteiger partial charge in [-0.3, -0.25) is 4.79 Å². The molecule has 0 aliphatic heterocycles. The first-order chi connectivity index (χ1) is 10.7. The fourth-order valence-corrected chi connectivity index (χ4v) is 3.83. The molecule has 4 rings (SSSR count). The van der Waals surface area contributed by atoms with E-state index in [1.165, 1.54) is 23.9 Å². The van der Waals surface area contributed by atoms with E-state index in [0.29, 0.717) is 18.0 Å². The molecule has 2 aliphatic rings. The maximum Gasteiger partial charge on any atom is 0.224 e. The Hall–Kier alpha value is -1.75. The third kappa shape index (κ3) is 2.77. The van der Waals surface area contributed by atoms with Gasteiger partial charge in [0.1, 0.15) is 5.82 Å². The molecule has 5 heteroatoms. The Morgan fingerprint density at radius 3 is 2.95 bits per heavy atom. The topological polar surface area (TPSA) is 42.0 Å². The van der Waals surface area contributed by atoms with E-state index in [9.17, 15) is 9.18 Å². The van der Waals surface area contributed by atoms with E-state index in [-0.39, 0.29) is 23.6 Å². The lowest BCUT2D eigenvalue weighted by Crippen LogP contribution is -2.25. The minimum atomic E-state index is -0.212. The van der Waals surface area contributed by atoms with Gasteiger partial charge in [-0.2, -0.15) is 0 Å². The van der Waals surface area contributed by atoms with Crippen molar-refractivity contribution in [3.8, 4) is 0 Å². The third-order valence-electron chi connectivity index (χ3n) is 4.37. The molecular weight excluding hydrogens is 299 g/mol. The molecule has 2 saturated carbocycles. The molecule has 3 nitrogen and oxygen atoms in total. The average molecular weight is 316 g/mol. The monoisotopic (exact) mass is 316 g/mol. The lowest BCUT2D eigenvalue weighted by molar-refractivity contribution is -0.122. The zero-order valence-corrected chi connectivity index (χ0v) is 12.9. The summed E-state index contributed by atoms with van der Waals surface area (Å²) in [7, 11) is 0. The molecule has 1 amide bonds. The van der Waals surface area contributed by atoms with Crippen molar-refractivity contribution in [2.45, 2.75) is 37.6 Å². The molecule has 0 spiro atoms. The van der Waals surface area contributed by atoms with Crippen LogP contribution in [0.15, 0.2) is 29.6 Å². The molecule has 1 aromatic carbocycles. The second-order valence-corrected chi connectivity index (χ2v) is 7.03. The van der Waals surface area contributed by atoms with Gasteiger partial charge in [-0.15, -0.1) is 11.3 Å². The molecule has 2 aromatic rings. The number of rotatable bonds is 5. The van der Waals surface area contributed by atoms with E-state index in [1.807, 2.05) is 11.4 Å². The highest BCUT2D eigenvalue weighted by molar-refractivity contribution is 7.09. The van der Waals surface area contributed by atoms with E-state index in [2.05, 4.69) is 10.3 Å². The number of aromatic nitrogens is 1. The first-order valence-corrected chi connectivity index (χ1v) is 8.57. The van der Waals surface area contributed by atoms with E-state index >= 15 is 0 Å².